The molecule has 1 aromatic heterocycles. The first kappa shape index (κ1) is 24.1. The number of anilines is 1. The number of hydrogen-bond donors (Lipinski definition) is 2. The van der Waals surface area contributed by atoms with E-state index in [0.717, 1.165) is 33.6 Å². The first-order chi connectivity index (χ1) is 17.2. The van der Waals surface area contributed by atoms with Crippen molar-refractivity contribution in [2.75, 3.05) is 19.1 Å². The van der Waals surface area contributed by atoms with Crippen LogP contribution in [-0.4, -0.2) is 47.3 Å². The fourth-order valence-electron chi connectivity index (χ4n) is 5.08. The normalized spacial score (nSPS) is 23.1. The SMILES string of the molecule is COc1ccc([C@H]2c3sc(=O)[nH]c3S[C@@H](C(=O)O)[C@]23CC(=O)N(c2ccc(C)cc2)C3=O)cc1OC. The molecule has 0 unspecified atom stereocenters. The van der Waals surface area contributed by atoms with E-state index < -0.39 is 34.4 Å². The van der Waals surface area contributed by atoms with Crippen LogP contribution in [0.2, 0.25) is 0 Å². The maximum absolute atomic E-state index is 14.3. The van der Waals surface area contributed by atoms with Crippen molar-refractivity contribution in [3.05, 3.63) is 68.1 Å². The Bertz CT molecular complexity index is 1450. The number of aliphatic carboxylic acids is 1. The van der Waals surface area contributed by atoms with Gasteiger partial charge in [0, 0.05) is 17.2 Å². The Hall–Kier alpha value is -3.57. The summed E-state index contributed by atoms with van der Waals surface area (Å²) in [5.41, 5.74) is 0.202. The summed E-state index contributed by atoms with van der Waals surface area (Å²) in [6.07, 6.45) is -0.325. The molecular weight excluding hydrogens is 504 g/mol. The van der Waals surface area contributed by atoms with Gasteiger partial charge in [-0.25, -0.2) is 4.90 Å². The van der Waals surface area contributed by atoms with E-state index in [1.54, 1.807) is 42.5 Å². The first-order valence-electron chi connectivity index (χ1n) is 11.0. The molecule has 2 amide bonds. The van der Waals surface area contributed by atoms with Gasteiger partial charge in [-0.05, 0) is 36.8 Å². The maximum Gasteiger partial charge on any atom is 0.318 e. The number of thioether (sulfide) groups is 1. The minimum absolute atomic E-state index is 0.325. The summed E-state index contributed by atoms with van der Waals surface area (Å²) in [5, 5.41) is 9.37. The lowest BCUT2D eigenvalue weighted by Gasteiger charge is -2.42. The smallest absolute Gasteiger partial charge is 0.318 e. The number of hydrogen-bond acceptors (Lipinski definition) is 8. The zero-order valence-corrected chi connectivity index (χ0v) is 21.2. The highest BCUT2D eigenvalue weighted by Crippen LogP contribution is 2.61. The zero-order chi connectivity index (χ0) is 25.8. The van der Waals surface area contributed by atoms with Crippen LogP contribution in [0.15, 0.2) is 52.3 Å². The number of carbonyl (C=O) groups excluding carboxylic acids is 2. The van der Waals surface area contributed by atoms with Crippen LogP contribution in [0.4, 0.5) is 5.69 Å². The molecule has 0 saturated carbocycles. The van der Waals surface area contributed by atoms with Crippen molar-refractivity contribution < 1.29 is 29.0 Å². The molecule has 11 heteroatoms. The second kappa shape index (κ2) is 8.82. The predicted molar refractivity (Wildman–Crippen MR) is 134 cm³/mol. The van der Waals surface area contributed by atoms with E-state index in [1.165, 1.54) is 14.2 Å². The average Bonchev–Trinajstić information content (AvgIpc) is 3.34. The summed E-state index contributed by atoms with van der Waals surface area (Å²) < 4.78 is 10.8. The van der Waals surface area contributed by atoms with Crippen LogP contribution in [0.1, 0.15) is 28.3 Å². The van der Waals surface area contributed by atoms with E-state index in [-0.39, 0.29) is 11.3 Å². The van der Waals surface area contributed by atoms with Crippen LogP contribution >= 0.6 is 23.1 Å². The standard InChI is InChI=1S/C25H22N2O7S2/c1-12-4-7-14(8-5-12)27-17(28)11-25(23(27)31)18(13-6-9-15(33-2)16(10-13)34-3)19-21(26-24(32)35-19)36-20(25)22(29)30/h4-10,18,20H,11H2,1-3H3,(H,26,32)(H,29,30)/t18-,20-,25-/m0/s1. The van der Waals surface area contributed by atoms with Gasteiger partial charge in [-0.1, -0.05) is 46.9 Å². The van der Waals surface area contributed by atoms with Crippen molar-refractivity contribution in [2.45, 2.75) is 29.5 Å². The molecule has 36 heavy (non-hydrogen) atoms. The summed E-state index contributed by atoms with van der Waals surface area (Å²) in [7, 11) is 2.96. The number of aromatic amines is 1. The Labute approximate surface area is 214 Å². The van der Waals surface area contributed by atoms with Gasteiger partial charge in [-0.15, -0.1) is 0 Å². The first-order valence-corrected chi connectivity index (χ1v) is 12.7. The largest absolute Gasteiger partial charge is 0.493 e. The molecule has 9 nitrogen and oxygen atoms in total. The third-order valence-corrected chi connectivity index (χ3v) is 9.17. The number of rotatable bonds is 5. The quantitative estimate of drug-likeness (QED) is 0.485. The molecule has 186 valence electrons. The zero-order valence-electron chi connectivity index (χ0n) is 19.6. The number of imide groups is 1. The number of aryl methyl sites for hydroxylation is 1. The summed E-state index contributed by atoms with van der Waals surface area (Å²) in [5.74, 6) is -2.39. The Morgan fingerprint density at radius 2 is 1.78 bits per heavy atom. The van der Waals surface area contributed by atoms with Gasteiger partial charge in [0.1, 0.15) is 5.25 Å². The number of fused-ring (bicyclic) bond motifs is 1. The van der Waals surface area contributed by atoms with Gasteiger partial charge < -0.3 is 19.6 Å². The molecule has 0 radical (unpaired) electrons. The van der Waals surface area contributed by atoms with Gasteiger partial charge in [0.05, 0.1) is 30.3 Å². The van der Waals surface area contributed by atoms with E-state index in [9.17, 15) is 24.3 Å². The second-order valence-electron chi connectivity index (χ2n) is 8.68. The number of methoxy groups -OCH3 is 2. The Balaban J connectivity index is 1.77. The van der Waals surface area contributed by atoms with E-state index in [2.05, 4.69) is 4.98 Å². The molecule has 1 spiro atoms. The third-order valence-electron chi connectivity index (χ3n) is 6.67. The van der Waals surface area contributed by atoms with Crippen LogP contribution in [-0.2, 0) is 14.4 Å². The van der Waals surface area contributed by atoms with Crippen molar-refractivity contribution in [2.24, 2.45) is 5.41 Å². The molecule has 1 saturated heterocycles. The molecular formula is C25H22N2O7S2. The number of H-pyrrole nitrogens is 1. The predicted octanol–water partition coefficient (Wildman–Crippen LogP) is 3.40. The number of nitrogens with zero attached hydrogens (tertiary/aromatic N) is 1. The Kier molecular flexibility index (Phi) is 5.92. The van der Waals surface area contributed by atoms with E-state index in [4.69, 9.17) is 9.47 Å². The molecule has 0 bridgehead atoms. The minimum Gasteiger partial charge on any atom is -0.493 e. The number of benzene rings is 2. The summed E-state index contributed by atoms with van der Waals surface area (Å²) in [6.45, 7) is 1.89. The lowest BCUT2D eigenvalue weighted by Crippen LogP contribution is -2.51. The van der Waals surface area contributed by atoms with Gasteiger partial charge in [-0.2, -0.15) is 0 Å². The van der Waals surface area contributed by atoms with Gasteiger partial charge in [0.2, 0.25) is 11.8 Å². The molecule has 3 atom stereocenters. The van der Waals surface area contributed by atoms with Gasteiger partial charge in [0.15, 0.2) is 11.5 Å². The molecule has 3 aromatic rings. The van der Waals surface area contributed by atoms with Crippen molar-refractivity contribution in [1.29, 1.82) is 0 Å². The Morgan fingerprint density at radius 1 is 1.08 bits per heavy atom. The second-order valence-corrected chi connectivity index (χ2v) is 10.8. The van der Waals surface area contributed by atoms with Gasteiger partial charge in [0.25, 0.3) is 0 Å². The van der Waals surface area contributed by atoms with E-state index >= 15 is 0 Å². The van der Waals surface area contributed by atoms with Crippen LogP contribution in [0.3, 0.4) is 0 Å². The van der Waals surface area contributed by atoms with Crippen molar-refractivity contribution in [1.82, 2.24) is 4.98 Å². The molecule has 5 rings (SSSR count). The molecule has 2 aliphatic rings. The van der Waals surface area contributed by atoms with Crippen LogP contribution in [0.5, 0.6) is 11.5 Å². The highest BCUT2D eigenvalue weighted by atomic mass is 32.2. The number of aromatic nitrogens is 1. The number of nitrogens with one attached hydrogen (secondary N) is 1. The van der Waals surface area contributed by atoms with Crippen molar-refractivity contribution in [3.63, 3.8) is 0 Å². The maximum atomic E-state index is 14.3. The topological polar surface area (TPSA) is 126 Å². The number of carboxylic acids is 1. The number of carboxylic acid groups (broad SMARTS) is 1. The summed E-state index contributed by atoms with van der Waals surface area (Å²) in [6, 6.07) is 11.9. The molecule has 2 aliphatic heterocycles. The number of amides is 2. The highest BCUT2D eigenvalue weighted by Gasteiger charge is 2.66. The summed E-state index contributed by atoms with van der Waals surface area (Å²) >= 11 is 1.82. The molecule has 0 aliphatic carbocycles. The number of carbonyl (C=O) groups is 3. The minimum atomic E-state index is -1.67. The number of ether oxygens (including phenoxy) is 2. The van der Waals surface area contributed by atoms with Crippen molar-refractivity contribution >= 4 is 46.6 Å². The lowest BCUT2D eigenvalue weighted by atomic mass is 9.67. The molecule has 2 N–H and O–H groups in total. The fraction of sp³-hybridized carbons (Fsp3) is 0.280. The van der Waals surface area contributed by atoms with Crippen molar-refractivity contribution in [3.8, 4) is 11.5 Å². The van der Waals surface area contributed by atoms with Crippen LogP contribution in [0.25, 0.3) is 0 Å². The van der Waals surface area contributed by atoms with E-state index in [0.29, 0.717) is 32.7 Å². The average molecular weight is 527 g/mol. The van der Waals surface area contributed by atoms with Gasteiger partial charge >= 0.3 is 10.8 Å². The Morgan fingerprint density at radius 3 is 2.42 bits per heavy atom. The fourth-order valence-corrected chi connectivity index (χ4v) is 7.62. The monoisotopic (exact) mass is 526 g/mol. The lowest BCUT2D eigenvalue weighted by molar-refractivity contribution is -0.143. The number of thiazole rings is 1. The van der Waals surface area contributed by atoms with E-state index in [1.807, 2.05) is 6.92 Å². The highest BCUT2D eigenvalue weighted by molar-refractivity contribution is 8.00. The molecule has 3 heterocycles. The molecule has 2 aromatic carbocycles. The van der Waals surface area contributed by atoms with Crippen LogP contribution in [0, 0.1) is 12.3 Å². The summed E-state index contributed by atoms with van der Waals surface area (Å²) in [4.78, 5) is 56.6. The third kappa shape index (κ3) is 3.53. The molecule has 1 fully saturated rings. The van der Waals surface area contributed by atoms with Gasteiger partial charge in [-0.3, -0.25) is 19.2 Å². The van der Waals surface area contributed by atoms with Crippen LogP contribution < -0.4 is 19.2 Å².